The first kappa shape index (κ1) is 20.9. The Balaban J connectivity index is 1.61. The Labute approximate surface area is 184 Å². The highest BCUT2D eigenvalue weighted by molar-refractivity contribution is 6.30. The van der Waals surface area contributed by atoms with Crippen molar-refractivity contribution in [2.75, 3.05) is 24.9 Å². The Hall–Kier alpha value is -3.36. The minimum Gasteiger partial charge on any atom is -0.497 e. The van der Waals surface area contributed by atoms with Gasteiger partial charge in [-0.05, 0) is 42.0 Å². The van der Waals surface area contributed by atoms with Crippen molar-refractivity contribution in [2.45, 2.75) is 19.1 Å². The van der Waals surface area contributed by atoms with Gasteiger partial charge in [-0.15, -0.1) is 0 Å². The van der Waals surface area contributed by atoms with Crippen LogP contribution in [0.25, 0.3) is 11.1 Å². The van der Waals surface area contributed by atoms with Crippen LogP contribution in [-0.2, 0) is 20.9 Å². The first-order valence-corrected chi connectivity index (χ1v) is 9.99. The molecule has 2 aromatic carbocycles. The molecule has 2 amide bonds. The van der Waals surface area contributed by atoms with Gasteiger partial charge in [0.2, 0.25) is 5.91 Å². The molecule has 1 aromatic heterocycles. The van der Waals surface area contributed by atoms with Crippen LogP contribution < -0.4 is 15.4 Å². The molecule has 2 N–H and O–H groups in total. The molecule has 8 nitrogen and oxygen atoms in total. The van der Waals surface area contributed by atoms with Gasteiger partial charge in [0.1, 0.15) is 17.6 Å². The van der Waals surface area contributed by atoms with Crippen molar-refractivity contribution >= 4 is 34.9 Å². The van der Waals surface area contributed by atoms with E-state index in [1.54, 1.807) is 43.2 Å². The zero-order chi connectivity index (χ0) is 22.0. The third-order valence-corrected chi connectivity index (χ3v) is 5.24. The summed E-state index contributed by atoms with van der Waals surface area (Å²) >= 11 is 5.88. The maximum atomic E-state index is 12.7. The van der Waals surface area contributed by atoms with Crippen molar-refractivity contribution in [1.29, 1.82) is 0 Å². The predicted molar refractivity (Wildman–Crippen MR) is 117 cm³/mol. The number of nitrogens with zero attached hydrogens (tertiary/aromatic N) is 2. The topological polar surface area (TPSA) is 94.5 Å². The molecule has 0 aliphatic carbocycles. The Morgan fingerprint density at radius 2 is 1.87 bits per heavy atom. The fraction of sp³-hybridized carbons (Fsp3) is 0.227. The monoisotopic (exact) mass is 440 g/mol. The zero-order valence-corrected chi connectivity index (χ0v) is 17.8. The normalized spacial score (nSPS) is 14.8. The summed E-state index contributed by atoms with van der Waals surface area (Å²) in [6.45, 7) is 0.265. The van der Waals surface area contributed by atoms with Gasteiger partial charge in [-0.1, -0.05) is 23.7 Å². The number of ether oxygens (including phenoxy) is 2. The Morgan fingerprint density at radius 1 is 1.16 bits per heavy atom. The first-order chi connectivity index (χ1) is 15.0. The summed E-state index contributed by atoms with van der Waals surface area (Å²) in [4.78, 5) is 25.2. The number of amides is 2. The number of carbonyl (C=O) groups is 2. The molecule has 1 aliphatic heterocycles. The quantitative estimate of drug-likeness (QED) is 0.581. The lowest BCUT2D eigenvalue weighted by Crippen LogP contribution is -2.24. The second-order valence-electron chi connectivity index (χ2n) is 7.04. The Kier molecular flexibility index (Phi) is 5.92. The van der Waals surface area contributed by atoms with Gasteiger partial charge in [-0.25, -0.2) is 4.68 Å². The molecule has 0 spiro atoms. The summed E-state index contributed by atoms with van der Waals surface area (Å²) in [6, 6.07) is 13.5. The molecule has 1 unspecified atom stereocenters. The summed E-state index contributed by atoms with van der Waals surface area (Å²) in [5.74, 6) is 0.686. The molecule has 2 heterocycles. The minimum absolute atomic E-state index is 0.0579. The standard InChI is InChI=1S/C22H21ClN4O4/c1-30-12-17-20(13-3-9-16(31-2)10-4-13)21-25-22(29)18(27(21)26-17)11-19(28)24-15-7-5-14(23)6-8-15/h3-10,18H,11-12H2,1-2H3,(H,24,28)(H,25,29). The number of fused-ring (bicyclic) bond motifs is 1. The predicted octanol–water partition coefficient (Wildman–Crippen LogP) is 3.88. The number of aromatic nitrogens is 2. The molecule has 0 radical (unpaired) electrons. The molecule has 0 bridgehead atoms. The van der Waals surface area contributed by atoms with Crippen LogP contribution in [0.5, 0.6) is 5.75 Å². The SMILES string of the molecule is COCc1nn2c(c1-c1ccc(OC)cc1)NC(=O)C2CC(=O)Nc1ccc(Cl)cc1. The molecule has 4 rings (SSSR count). The van der Waals surface area contributed by atoms with E-state index >= 15 is 0 Å². The van der Waals surface area contributed by atoms with Crippen LogP contribution in [-0.4, -0.2) is 35.8 Å². The summed E-state index contributed by atoms with van der Waals surface area (Å²) in [6.07, 6.45) is -0.0579. The Morgan fingerprint density at radius 3 is 2.52 bits per heavy atom. The fourth-order valence-electron chi connectivity index (χ4n) is 3.54. The number of anilines is 2. The van der Waals surface area contributed by atoms with E-state index in [0.717, 1.165) is 16.9 Å². The summed E-state index contributed by atoms with van der Waals surface area (Å²) in [7, 11) is 3.18. The molecule has 0 saturated carbocycles. The Bertz CT molecular complexity index is 1110. The maximum absolute atomic E-state index is 12.7. The van der Waals surface area contributed by atoms with Crippen LogP contribution in [0, 0.1) is 0 Å². The first-order valence-electron chi connectivity index (χ1n) is 9.61. The number of benzene rings is 2. The van der Waals surface area contributed by atoms with Crippen LogP contribution in [0.1, 0.15) is 18.2 Å². The molecular formula is C22H21ClN4O4. The van der Waals surface area contributed by atoms with E-state index in [0.29, 0.717) is 22.2 Å². The summed E-state index contributed by atoms with van der Waals surface area (Å²) < 4.78 is 12.1. The maximum Gasteiger partial charge on any atom is 0.251 e. The molecule has 31 heavy (non-hydrogen) atoms. The molecule has 160 valence electrons. The fourth-order valence-corrected chi connectivity index (χ4v) is 3.66. The van der Waals surface area contributed by atoms with Gasteiger partial charge >= 0.3 is 0 Å². The van der Waals surface area contributed by atoms with E-state index in [-0.39, 0.29) is 24.8 Å². The largest absolute Gasteiger partial charge is 0.497 e. The molecule has 9 heteroatoms. The van der Waals surface area contributed by atoms with Crippen LogP contribution in [0.4, 0.5) is 11.5 Å². The highest BCUT2D eigenvalue weighted by Crippen LogP contribution is 2.39. The second kappa shape index (κ2) is 8.79. The van der Waals surface area contributed by atoms with Gasteiger partial charge in [-0.2, -0.15) is 5.10 Å². The summed E-state index contributed by atoms with van der Waals surface area (Å²) in [5, 5.41) is 10.8. The number of methoxy groups -OCH3 is 2. The molecular weight excluding hydrogens is 420 g/mol. The van der Waals surface area contributed by atoms with Crippen molar-refractivity contribution in [1.82, 2.24) is 9.78 Å². The highest BCUT2D eigenvalue weighted by atomic mass is 35.5. The zero-order valence-electron chi connectivity index (χ0n) is 17.0. The van der Waals surface area contributed by atoms with Gasteiger partial charge in [0, 0.05) is 23.4 Å². The lowest BCUT2D eigenvalue weighted by atomic mass is 10.1. The lowest BCUT2D eigenvalue weighted by Gasteiger charge is -2.10. The third kappa shape index (κ3) is 4.26. The number of hydrogen-bond acceptors (Lipinski definition) is 5. The molecule has 1 atom stereocenters. The van der Waals surface area contributed by atoms with Gasteiger partial charge in [0.25, 0.3) is 5.91 Å². The van der Waals surface area contributed by atoms with Crippen molar-refractivity contribution in [3.05, 3.63) is 59.2 Å². The van der Waals surface area contributed by atoms with Gasteiger partial charge in [0.05, 0.1) is 25.8 Å². The number of nitrogens with one attached hydrogen (secondary N) is 2. The van der Waals surface area contributed by atoms with Crippen molar-refractivity contribution in [3.8, 4) is 16.9 Å². The lowest BCUT2D eigenvalue weighted by molar-refractivity contribution is -0.123. The number of hydrogen-bond donors (Lipinski definition) is 2. The number of halogens is 1. The number of carbonyl (C=O) groups excluding carboxylic acids is 2. The van der Waals surface area contributed by atoms with E-state index in [1.807, 2.05) is 24.3 Å². The van der Waals surface area contributed by atoms with E-state index < -0.39 is 6.04 Å². The average Bonchev–Trinajstić information content (AvgIpc) is 3.25. The number of rotatable bonds is 7. The van der Waals surface area contributed by atoms with Gasteiger partial charge in [0.15, 0.2) is 0 Å². The van der Waals surface area contributed by atoms with Crippen molar-refractivity contribution < 1.29 is 19.1 Å². The van der Waals surface area contributed by atoms with Crippen LogP contribution >= 0.6 is 11.6 Å². The van der Waals surface area contributed by atoms with Crippen molar-refractivity contribution in [2.24, 2.45) is 0 Å². The molecule has 3 aromatic rings. The van der Waals surface area contributed by atoms with Crippen LogP contribution in [0.15, 0.2) is 48.5 Å². The van der Waals surface area contributed by atoms with Gasteiger partial charge < -0.3 is 20.1 Å². The second-order valence-corrected chi connectivity index (χ2v) is 7.48. The van der Waals surface area contributed by atoms with Crippen molar-refractivity contribution in [3.63, 3.8) is 0 Å². The van der Waals surface area contributed by atoms with E-state index in [9.17, 15) is 9.59 Å². The van der Waals surface area contributed by atoms with E-state index in [1.165, 1.54) is 0 Å². The van der Waals surface area contributed by atoms with E-state index in [4.69, 9.17) is 21.1 Å². The molecule has 1 aliphatic rings. The van der Waals surface area contributed by atoms with E-state index in [2.05, 4.69) is 15.7 Å². The molecule has 0 fully saturated rings. The minimum atomic E-state index is -0.759. The average molecular weight is 441 g/mol. The summed E-state index contributed by atoms with van der Waals surface area (Å²) in [5.41, 5.74) is 2.90. The van der Waals surface area contributed by atoms with Gasteiger partial charge in [-0.3, -0.25) is 9.59 Å². The smallest absolute Gasteiger partial charge is 0.251 e. The molecule has 0 saturated heterocycles. The van der Waals surface area contributed by atoms with Crippen LogP contribution in [0.2, 0.25) is 5.02 Å². The highest BCUT2D eigenvalue weighted by Gasteiger charge is 2.37. The third-order valence-electron chi connectivity index (χ3n) is 4.99. The van der Waals surface area contributed by atoms with Crippen LogP contribution in [0.3, 0.4) is 0 Å².